The molecule has 0 unspecified atom stereocenters. The molecule has 2 aromatic heterocycles. The summed E-state index contributed by atoms with van der Waals surface area (Å²) in [6.45, 7) is 16.8. The second kappa shape index (κ2) is 7.25. The summed E-state index contributed by atoms with van der Waals surface area (Å²) in [5.41, 5.74) is 2.31. The van der Waals surface area contributed by atoms with Crippen LogP contribution in [0.25, 0.3) is 0 Å². The zero-order valence-electron chi connectivity index (χ0n) is 24.2. The van der Waals surface area contributed by atoms with E-state index in [4.69, 9.17) is 4.52 Å². The summed E-state index contributed by atoms with van der Waals surface area (Å²) >= 11 is 0. The lowest BCUT2D eigenvalue weighted by molar-refractivity contribution is -0.169. The molecule has 0 aliphatic heterocycles. The van der Waals surface area contributed by atoms with E-state index in [2.05, 4.69) is 75.2 Å². The quantitative estimate of drug-likeness (QED) is 0.457. The van der Waals surface area contributed by atoms with E-state index in [1.165, 1.54) is 11.1 Å². The third-order valence-corrected chi connectivity index (χ3v) is 13.1. The highest BCUT2D eigenvalue weighted by Crippen LogP contribution is 2.74. The Morgan fingerprint density at radius 3 is 2.50 bits per heavy atom. The first-order valence-corrected chi connectivity index (χ1v) is 14.7. The molecule has 3 saturated carbocycles. The number of fused-ring (bicyclic) bond motifs is 8. The molecule has 7 nitrogen and oxygen atoms in total. The SMILES string of the molecule is CC1(C)CC[C@]2(n3cnnn3)CC[C@]3(C)[C@H](C(=O)C=C4[C@@]5(C)Cc6cnoc6C(C)(C)[C@@H]5CC[C@]43C)[C@@H]2C1. The number of carbonyl (C=O) groups excluding carboxylic acids is 1. The van der Waals surface area contributed by atoms with Crippen LogP contribution in [0, 0.1) is 39.4 Å². The third kappa shape index (κ3) is 2.79. The molecule has 7 rings (SSSR count). The molecular weight excluding hydrogens is 474 g/mol. The summed E-state index contributed by atoms with van der Waals surface area (Å²) in [7, 11) is 0. The van der Waals surface area contributed by atoms with Crippen molar-refractivity contribution in [1.29, 1.82) is 0 Å². The summed E-state index contributed by atoms with van der Waals surface area (Å²) in [5, 5.41) is 16.8. The maximum absolute atomic E-state index is 14.6. The molecule has 0 saturated heterocycles. The number of allylic oxidation sites excluding steroid dienone is 2. The van der Waals surface area contributed by atoms with Crippen LogP contribution in [0.5, 0.6) is 0 Å². The van der Waals surface area contributed by atoms with Crippen LogP contribution in [0.3, 0.4) is 0 Å². The van der Waals surface area contributed by atoms with Crippen molar-refractivity contribution >= 4 is 5.78 Å². The summed E-state index contributed by atoms with van der Waals surface area (Å²) in [4.78, 5) is 14.6. The van der Waals surface area contributed by atoms with E-state index < -0.39 is 0 Å². The lowest BCUT2D eigenvalue weighted by Gasteiger charge is -2.69. The summed E-state index contributed by atoms with van der Waals surface area (Å²) < 4.78 is 7.86. The van der Waals surface area contributed by atoms with Gasteiger partial charge in [-0.05, 0) is 101 Å². The molecule has 0 radical (unpaired) electrons. The van der Waals surface area contributed by atoms with Crippen LogP contribution in [0.4, 0.5) is 0 Å². The van der Waals surface area contributed by atoms with E-state index >= 15 is 0 Å². The third-order valence-electron chi connectivity index (χ3n) is 13.1. The van der Waals surface area contributed by atoms with Crippen molar-refractivity contribution in [1.82, 2.24) is 25.4 Å². The average molecular weight is 518 g/mol. The number of tetrazole rings is 1. The van der Waals surface area contributed by atoms with Crippen LogP contribution in [0.2, 0.25) is 0 Å². The maximum atomic E-state index is 14.6. The molecule has 0 amide bonds. The van der Waals surface area contributed by atoms with Gasteiger partial charge >= 0.3 is 0 Å². The number of rotatable bonds is 1. The molecule has 0 N–H and O–H groups in total. The van der Waals surface area contributed by atoms with Crippen molar-refractivity contribution in [3.8, 4) is 0 Å². The van der Waals surface area contributed by atoms with Gasteiger partial charge < -0.3 is 4.52 Å². The minimum Gasteiger partial charge on any atom is -0.361 e. The van der Waals surface area contributed by atoms with Gasteiger partial charge in [-0.15, -0.1) is 5.10 Å². The van der Waals surface area contributed by atoms with E-state index in [9.17, 15) is 4.79 Å². The van der Waals surface area contributed by atoms with Gasteiger partial charge in [-0.2, -0.15) is 0 Å². The smallest absolute Gasteiger partial charge is 0.159 e. The van der Waals surface area contributed by atoms with Crippen LogP contribution in [-0.4, -0.2) is 31.1 Å². The van der Waals surface area contributed by atoms with E-state index in [1.54, 1.807) is 6.33 Å². The molecule has 38 heavy (non-hydrogen) atoms. The number of carbonyl (C=O) groups is 1. The monoisotopic (exact) mass is 517 g/mol. The Labute approximate surface area is 226 Å². The molecule has 0 bridgehead atoms. The standard InChI is InChI=1S/C31H43N5O2/c1-26(2)10-12-31(36-18-32-34-35-36)13-11-30(7)24(20(31)16-26)21(37)14-23-28(5)15-19-17-33-38-25(19)27(3,4)22(28)8-9-29(23,30)6/h14,17-18,20,22,24H,8-13,15-16H2,1-7H3/t20-,22-,24-,28-,29+,30+,31-/m0/s1. The Morgan fingerprint density at radius 2 is 1.76 bits per heavy atom. The molecule has 0 spiro atoms. The van der Waals surface area contributed by atoms with Crippen molar-refractivity contribution in [3.63, 3.8) is 0 Å². The van der Waals surface area contributed by atoms with Gasteiger partial charge in [0.1, 0.15) is 12.1 Å². The van der Waals surface area contributed by atoms with Crippen LogP contribution in [0.1, 0.15) is 105 Å². The predicted molar refractivity (Wildman–Crippen MR) is 143 cm³/mol. The summed E-state index contributed by atoms with van der Waals surface area (Å²) in [6, 6.07) is 0. The van der Waals surface area contributed by atoms with Crippen LogP contribution in [-0.2, 0) is 22.2 Å². The number of hydrogen-bond acceptors (Lipinski definition) is 6. The first kappa shape index (κ1) is 24.7. The highest BCUT2D eigenvalue weighted by Gasteiger charge is 2.70. The fourth-order valence-electron chi connectivity index (χ4n) is 11.0. The number of aromatic nitrogens is 5. The molecule has 5 aliphatic carbocycles. The van der Waals surface area contributed by atoms with Crippen molar-refractivity contribution < 1.29 is 9.32 Å². The molecule has 7 heteroatoms. The van der Waals surface area contributed by atoms with Crippen LogP contribution in [0.15, 0.2) is 28.7 Å². The van der Waals surface area contributed by atoms with Crippen LogP contribution < -0.4 is 0 Å². The second-order valence-electron chi connectivity index (χ2n) is 15.6. The molecule has 2 heterocycles. The van der Waals surface area contributed by atoms with E-state index in [0.29, 0.717) is 11.7 Å². The lowest BCUT2D eigenvalue weighted by Crippen LogP contribution is -2.66. The van der Waals surface area contributed by atoms with Crippen molar-refractivity contribution in [2.75, 3.05) is 0 Å². The molecule has 204 valence electrons. The minimum absolute atomic E-state index is 0.0170. The fourth-order valence-corrected chi connectivity index (χ4v) is 11.0. The highest BCUT2D eigenvalue weighted by atomic mass is 16.5. The summed E-state index contributed by atoms with van der Waals surface area (Å²) in [6.07, 6.45) is 14.3. The second-order valence-corrected chi connectivity index (χ2v) is 15.6. The Hall–Kier alpha value is -2.31. The molecule has 2 aromatic rings. The molecule has 3 fully saturated rings. The number of hydrogen-bond donors (Lipinski definition) is 0. The van der Waals surface area contributed by atoms with Gasteiger partial charge in [-0.25, -0.2) is 4.68 Å². The van der Waals surface area contributed by atoms with Gasteiger partial charge in [0.05, 0.1) is 11.7 Å². The topological polar surface area (TPSA) is 86.7 Å². The molecular formula is C31H43N5O2. The van der Waals surface area contributed by atoms with Crippen molar-refractivity contribution in [2.24, 2.45) is 39.4 Å². The number of nitrogens with zero attached hydrogens (tertiary/aromatic N) is 5. The van der Waals surface area contributed by atoms with Crippen molar-refractivity contribution in [3.05, 3.63) is 35.5 Å². The largest absolute Gasteiger partial charge is 0.361 e. The Bertz CT molecular complexity index is 1340. The van der Waals surface area contributed by atoms with Gasteiger partial charge in [-0.3, -0.25) is 4.79 Å². The van der Waals surface area contributed by atoms with E-state index in [0.717, 1.165) is 57.1 Å². The average Bonchev–Trinajstić information content (AvgIpc) is 3.53. The van der Waals surface area contributed by atoms with E-state index in [-0.39, 0.29) is 44.4 Å². The predicted octanol–water partition coefficient (Wildman–Crippen LogP) is 6.06. The van der Waals surface area contributed by atoms with Gasteiger partial charge in [-0.1, -0.05) is 59.2 Å². The van der Waals surface area contributed by atoms with Crippen molar-refractivity contribution in [2.45, 2.75) is 111 Å². The minimum atomic E-state index is -0.175. The first-order chi connectivity index (χ1) is 17.8. The zero-order chi connectivity index (χ0) is 26.9. The molecule has 5 aliphatic rings. The van der Waals surface area contributed by atoms with Crippen LogP contribution >= 0.6 is 0 Å². The first-order valence-electron chi connectivity index (χ1n) is 14.7. The zero-order valence-corrected chi connectivity index (χ0v) is 24.2. The Kier molecular flexibility index (Phi) is 4.72. The van der Waals surface area contributed by atoms with Gasteiger partial charge in [0.25, 0.3) is 0 Å². The summed E-state index contributed by atoms with van der Waals surface area (Å²) in [5.74, 6) is 2.02. The molecule has 0 aromatic carbocycles. The van der Waals surface area contributed by atoms with E-state index in [1.807, 2.05) is 10.9 Å². The highest BCUT2D eigenvalue weighted by molar-refractivity contribution is 5.95. The number of ketones is 1. The van der Waals surface area contributed by atoms with Gasteiger partial charge in [0.15, 0.2) is 5.78 Å². The fraction of sp³-hybridized carbons (Fsp3) is 0.774. The van der Waals surface area contributed by atoms with Gasteiger partial charge in [0, 0.05) is 16.9 Å². The maximum Gasteiger partial charge on any atom is 0.159 e. The Balaban J connectivity index is 1.39. The Morgan fingerprint density at radius 1 is 1.00 bits per heavy atom. The normalized spacial score (nSPS) is 44.7. The molecule has 7 atom stereocenters. The van der Waals surface area contributed by atoms with Gasteiger partial charge in [0.2, 0.25) is 0 Å². The lowest BCUT2D eigenvalue weighted by atomic mass is 9.34.